The molecule has 0 saturated heterocycles. The SMILES string of the molecule is CCC1(CNC(=O)NC(=O)CCCCC(=O)O)CC1. The van der Waals surface area contributed by atoms with Crippen molar-refractivity contribution in [1.29, 1.82) is 0 Å². The van der Waals surface area contributed by atoms with Crippen molar-refractivity contribution in [1.82, 2.24) is 10.6 Å². The maximum atomic E-state index is 11.4. The van der Waals surface area contributed by atoms with Gasteiger partial charge in [0.1, 0.15) is 0 Å². The van der Waals surface area contributed by atoms with Crippen LogP contribution in [-0.2, 0) is 9.59 Å². The third-order valence-electron chi connectivity index (χ3n) is 3.63. The van der Waals surface area contributed by atoms with Crippen LogP contribution in [0, 0.1) is 5.41 Å². The van der Waals surface area contributed by atoms with E-state index < -0.39 is 12.0 Å². The van der Waals surface area contributed by atoms with Gasteiger partial charge in [0.05, 0.1) is 0 Å². The molecule has 1 saturated carbocycles. The Balaban J connectivity index is 2.07. The predicted molar refractivity (Wildman–Crippen MR) is 69.6 cm³/mol. The fourth-order valence-corrected chi connectivity index (χ4v) is 1.89. The average Bonchev–Trinajstić information content (AvgIpc) is 3.13. The highest BCUT2D eigenvalue weighted by molar-refractivity contribution is 5.94. The summed E-state index contributed by atoms with van der Waals surface area (Å²) in [6, 6.07) is -0.456. The van der Waals surface area contributed by atoms with Gasteiger partial charge >= 0.3 is 12.0 Å². The maximum Gasteiger partial charge on any atom is 0.321 e. The zero-order valence-electron chi connectivity index (χ0n) is 11.3. The normalized spacial score (nSPS) is 15.6. The van der Waals surface area contributed by atoms with Crippen LogP contribution in [0.2, 0.25) is 0 Å². The summed E-state index contributed by atoms with van der Waals surface area (Å²) in [4.78, 5) is 33.1. The lowest BCUT2D eigenvalue weighted by Crippen LogP contribution is -2.41. The lowest BCUT2D eigenvalue weighted by atomic mass is 10.0. The Labute approximate surface area is 112 Å². The number of unbranched alkanes of at least 4 members (excludes halogenated alkanes) is 1. The summed E-state index contributed by atoms with van der Waals surface area (Å²) < 4.78 is 0. The molecule has 1 aliphatic rings. The minimum Gasteiger partial charge on any atom is -0.481 e. The van der Waals surface area contributed by atoms with Crippen LogP contribution in [0.3, 0.4) is 0 Å². The van der Waals surface area contributed by atoms with Crippen LogP contribution < -0.4 is 10.6 Å². The topological polar surface area (TPSA) is 95.5 Å². The largest absolute Gasteiger partial charge is 0.481 e. The number of carboxylic acids is 1. The van der Waals surface area contributed by atoms with Gasteiger partial charge in [0.15, 0.2) is 0 Å². The number of hydrogen-bond donors (Lipinski definition) is 3. The van der Waals surface area contributed by atoms with E-state index in [0.717, 1.165) is 19.3 Å². The number of hydrogen-bond acceptors (Lipinski definition) is 3. The molecule has 3 amide bonds. The van der Waals surface area contributed by atoms with Gasteiger partial charge in [-0.1, -0.05) is 6.92 Å². The summed E-state index contributed by atoms with van der Waals surface area (Å²) in [7, 11) is 0. The highest BCUT2D eigenvalue weighted by atomic mass is 16.4. The molecule has 19 heavy (non-hydrogen) atoms. The quantitative estimate of drug-likeness (QED) is 0.584. The predicted octanol–water partition coefficient (Wildman–Crippen LogP) is 1.65. The lowest BCUT2D eigenvalue weighted by molar-refractivity contribution is -0.137. The van der Waals surface area contributed by atoms with Gasteiger partial charge in [0, 0.05) is 19.4 Å². The van der Waals surface area contributed by atoms with Crippen molar-refractivity contribution in [3.63, 3.8) is 0 Å². The molecule has 6 nitrogen and oxygen atoms in total. The van der Waals surface area contributed by atoms with Crippen molar-refractivity contribution in [2.24, 2.45) is 5.41 Å². The number of carbonyl (C=O) groups excluding carboxylic acids is 2. The van der Waals surface area contributed by atoms with E-state index in [1.807, 2.05) is 0 Å². The van der Waals surface area contributed by atoms with E-state index in [4.69, 9.17) is 5.11 Å². The van der Waals surface area contributed by atoms with E-state index in [2.05, 4.69) is 17.6 Å². The fourth-order valence-electron chi connectivity index (χ4n) is 1.89. The molecular weight excluding hydrogens is 248 g/mol. The van der Waals surface area contributed by atoms with Crippen molar-refractivity contribution in [3.8, 4) is 0 Å². The summed E-state index contributed by atoms with van der Waals surface area (Å²) in [6.45, 7) is 2.71. The molecular formula is C13H22N2O4. The minimum absolute atomic E-state index is 0.0541. The molecule has 0 aromatic heterocycles. The summed E-state index contributed by atoms with van der Waals surface area (Å²) in [5.74, 6) is -1.23. The lowest BCUT2D eigenvalue weighted by Gasteiger charge is -2.13. The van der Waals surface area contributed by atoms with Crippen molar-refractivity contribution in [2.75, 3.05) is 6.54 Å². The third-order valence-corrected chi connectivity index (χ3v) is 3.63. The van der Waals surface area contributed by atoms with Crippen molar-refractivity contribution >= 4 is 17.9 Å². The number of imide groups is 1. The number of rotatable bonds is 8. The first-order valence-electron chi connectivity index (χ1n) is 6.77. The van der Waals surface area contributed by atoms with Gasteiger partial charge < -0.3 is 10.4 Å². The van der Waals surface area contributed by atoms with Gasteiger partial charge in [-0.2, -0.15) is 0 Å². The Kier molecular flexibility index (Phi) is 5.79. The van der Waals surface area contributed by atoms with Gasteiger partial charge in [-0.05, 0) is 37.5 Å². The Hall–Kier alpha value is -1.59. The van der Waals surface area contributed by atoms with Gasteiger partial charge in [-0.3, -0.25) is 14.9 Å². The zero-order chi connectivity index (χ0) is 14.3. The average molecular weight is 270 g/mol. The Morgan fingerprint density at radius 3 is 2.32 bits per heavy atom. The molecule has 0 aliphatic heterocycles. The van der Waals surface area contributed by atoms with Crippen LogP contribution in [0.4, 0.5) is 4.79 Å². The summed E-state index contributed by atoms with van der Waals surface area (Å²) in [5.41, 5.74) is 0.252. The third kappa shape index (κ3) is 6.22. The first-order valence-corrected chi connectivity index (χ1v) is 6.77. The van der Waals surface area contributed by atoms with Crippen molar-refractivity contribution in [2.45, 2.75) is 51.9 Å². The highest BCUT2D eigenvalue weighted by Gasteiger charge is 2.40. The minimum atomic E-state index is -0.868. The number of nitrogens with one attached hydrogen (secondary N) is 2. The van der Waals surface area contributed by atoms with E-state index in [9.17, 15) is 14.4 Å². The van der Waals surface area contributed by atoms with Crippen LogP contribution in [0.25, 0.3) is 0 Å². The van der Waals surface area contributed by atoms with Crippen LogP contribution >= 0.6 is 0 Å². The van der Waals surface area contributed by atoms with Crippen LogP contribution in [-0.4, -0.2) is 29.6 Å². The molecule has 0 heterocycles. The molecule has 0 unspecified atom stereocenters. The molecule has 0 aromatic carbocycles. The summed E-state index contributed by atoms with van der Waals surface area (Å²) in [6.07, 6.45) is 4.46. The first-order chi connectivity index (χ1) is 8.97. The van der Waals surface area contributed by atoms with E-state index in [0.29, 0.717) is 19.4 Å². The summed E-state index contributed by atoms with van der Waals surface area (Å²) >= 11 is 0. The first kappa shape index (κ1) is 15.5. The summed E-state index contributed by atoms with van der Waals surface area (Å²) in [5, 5.41) is 13.4. The van der Waals surface area contributed by atoms with Crippen molar-refractivity contribution in [3.05, 3.63) is 0 Å². The van der Waals surface area contributed by atoms with E-state index in [1.54, 1.807) is 0 Å². The molecule has 1 aliphatic carbocycles. The van der Waals surface area contributed by atoms with Gasteiger partial charge in [0.2, 0.25) is 5.91 Å². The van der Waals surface area contributed by atoms with E-state index >= 15 is 0 Å². The van der Waals surface area contributed by atoms with Gasteiger partial charge in [-0.15, -0.1) is 0 Å². The molecule has 0 atom stereocenters. The Morgan fingerprint density at radius 2 is 1.79 bits per heavy atom. The second-order valence-corrected chi connectivity index (χ2v) is 5.19. The second-order valence-electron chi connectivity index (χ2n) is 5.19. The fraction of sp³-hybridized carbons (Fsp3) is 0.769. The Morgan fingerprint density at radius 1 is 1.16 bits per heavy atom. The Bertz CT molecular complexity index is 351. The van der Waals surface area contributed by atoms with Crippen LogP contribution in [0.1, 0.15) is 51.9 Å². The van der Waals surface area contributed by atoms with E-state index in [-0.39, 0.29) is 24.2 Å². The zero-order valence-corrected chi connectivity index (χ0v) is 11.3. The highest BCUT2D eigenvalue weighted by Crippen LogP contribution is 2.47. The number of amides is 3. The molecule has 0 aromatic rings. The number of carbonyl (C=O) groups is 3. The number of aliphatic carboxylic acids is 1. The van der Waals surface area contributed by atoms with Crippen LogP contribution in [0.15, 0.2) is 0 Å². The van der Waals surface area contributed by atoms with Gasteiger partial charge in [0.25, 0.3) is 0 Å². The molecule has 0 spiro atoms. The molecule has 3 N–H and O–H groups in total. The monoisotopic (exact) mass is 270 g/mol. The molecule has 1 fully saturated rings. The smallest absolute Gasteiger partial charge is 0.321 e. The maximum absolute atomic E-state index is 11.4. The standard InChI is InChI=1S/C13H22N2O4/c1-2-13(7-8-13)9-14-12(19)15-10(16)5-3-4-6-11(17)18/h2-9H2,1H3,(H,17,18)(H2,14,15,16,19). The van der Waals surface area contributed by atoms with Gasteiger partial charge in [-0.25, -0.2) is 4.79 Å². The second kappa shape index (κ2) is 7.11. The molecule has 1 rings (SSSR count). The number of urea groups is 1. The van der Waals surface area contributed by atoms with E-state index in [1.165, 1.54) is 0 Å². The van der Waals surface area contributed by atoms with Crippen molar-refractivity contribution < 1.29 is 19.5 Å². The number of carboxylic acid groups (broad SMARTS) is 1. The molecule has 6 heteroatoms. The van der Waals surface area contributed by atoms with Crippen LogP contribution in [0.5, 0.6) is 0 Å². The molecule has 108 valence electrons. The molecule has 0 radical (unpaired) electrons. The molecule has 0 bridgehead atoms.